The number of fused-ring (bicyclic) bond motifs is 1. The predicted octanol–water partition coefficient (Wildman–Crippen LogP) is 3.21. The zero-order valence-electron chi connectivity index (χ0n) is 32.4. The Kier molecular flexibility index (Phi) is 13.0. The van der Waals surface area contributed by atoms with Crippen LogP contribution in [0.3, 0.4) is 0 Å². The number of pyridine rings is 1. The standard InChI is InChI=1S/C40H46N10O9/c41-35(52)34-28(45-36(53)29-23-59-38(46-29)25-12-13-43-31(20-25)44-21-24-8-9-24)22-49(48-34)15-3-1-2-4-16-57-18-19-58-17-14-42-27-7-5-6-26-33(27)40(56)50(39(26)55)30-10-11-32(51)47-37(30)54/h5-7,12-13,20,22-24,30,42H,1-4,8-11,14-19,21H2,(H2,41,52)(H,43,44)(H,45,53)(H,47,51,54). The van der Waals surface area contributed by atoms with Crippen LogP contribution in [0.2, 0.25) is 0 Å². The SMILES string of the molecule is NC(=O)c1nn(CCCCCCOCCOCCNc2cccc3c2C(=O)N(C2CCC(=O)NC2=O)C3=O)cc1NC(=O)c1coc(-c2ccnc(NCC3CC3)c2)n1. The van der Waals surface area contributed by atoms with Crippen LogP contribution in [0, 0.1) is 5.92 Å². The minimum atomic E-state index is -1.03. The van der Waals surface area contributed by atoms with Crippen LogP contribution in [0.15, 0.2) is 53.4 Å². The second-order valence-electron chi connectivity index (χ2n) is 14.5. The van der Waals surface area contributed by atoms with Crippen molar-refractivity contribution >= 4 is 52.6 Å². The molecule has 5 heterocycles. The lowest BCUT2D eigenvalue weighted by Gasteiger charge is -2.27. The molecule has 1 aromatic carbocycles. The number of oxazole rings is 1. The summed E-state index contributed by atoms with van der Waals surface area (Å²) in [7, 11) is 0. The fourth-order valence-corrected chi connectivity index (χ4v) is 6.81. The molecule has 19 heteroatoms. The summed E-state index contributed by atoms with van der Waals surface area (Å²) in [6.07, 6.45) is 10.5. The van der Waals surface area contributed by atoms with Crippen molar-refractivity contribution in [2.45, 2.75) is 64.0 Å². The number of nitrogens with two attached hydrogens (primary N) is 1. The molecule has 2 fully saturated rings. The zero-order chi connectivity index (χ0) is 41.3. The van der Waals surface area contributed by atoms with Gasteiger partial charge in [-0.3, -0.25) is 43.7 Å². The van der Waals surface area contributed by atoms with Crippen molar-refractivity contribution in [2.24, 2.45) is 11.7 Å². The van der Waals surface area contributed by atoms with Crippen LogP contribution in [0.1, 0.15) is 93.1 Å². The number of aromatic nitrogens is 4. The smallest absolute Gasteiger partial charge is 0.277 e. The van der Waals surface area contributed by atoms with E-state index < -0.39 is 41.5 Å². The maximum absolute atomic E-state index is 13.2. The molecule has 0 radical (unpaired) electrons. The van der Waals surface area contributed by atoms with E-state index in [0.29, 0.717) is 62.5 Å². The highest BCUT2D eigenvalue weighted by Gasteiger charge is 2.45. The highest BCUT2D eigenvalue weighted by atomic mass is 16.5. The first-order valence-corrected chi connectivity index (χ1v) is 19.7. The maximum Gasteiger partial charge on any atom is 0.277 e. The molecule has 3 aromatic heterocycles. The van der Waals surface area contributed by atoms with E-state index in [2.05, 4.69) is 36.3 Å². The van der Waals surface area contributed by atoms with E-state index in [1.165, 1.54) is 19.1 Å². The van der Waals surface area contributed by atoms with Gasteiger partial charge in [-0.1, -0.05) is 18.9 Å². The second kappa shape index (κ2) is 18.9. The largest absolute Gasteiger partial charge is 0.444 e. The molecule has 1 saturated carbocycles. The van der Waals surface area contributed by atoms with E-state index in [1.807, 2.05) is 6.07 Å². The van der Waals surface area contributed by atoms with Crippen molar-refractivity contribution in [1.29, 1.82) is 0 Å². The molecule has 1 unspecified atom stereocenters. The normalized spacial score (nSPS) is 16.3. The van der Waals surface area contributed by atoms with Gasteiger partial charge in [-0.15, -0.1) is 0 Å². The number of hydrogen-bond acceptors (Lipinski definition) is 14. The van der Waals surface area contributed by atoms with Crippen LogP contribution in [-0.4, -0.2) is 106 Å². The van der Waals surface area contributed by atoms with E-state index in [1.54, 1.807) is 41.3 Å². The quantitative estimate of drug-likeness (QED) is 0.0565. The van der Waals surface area contributed by atoms with Gasteiger partial charge in [0.05, 0.1) is 36.6 Å². The van der Waals surface area contributed by atoms with Gasteiger partial charge in [0, 0.05) is 56.3 Å². The first kappa shape index (κ1) is 40.7. The molecular formula is C40H46N10O9. The minimum Gasteiger partial charge on any atom is -0.444 e. The third kappa shape index (κ3) is 10.2. The van der Waals surface area contributed by atoms with Gasteiger partial charge in [-0.25, -0.2) is 9.97 Å². The summed E-state index contributed by atoms with van der Waals surface area (Å²) in [5.41, 5.74) is 7.26. The summed E-state index contributed by atoms with van der Waals surface area (Å²) >= 11 is 0. The number of unbranched alkanes of at least 4 members (excludes halogenated alkanes) is 3. The Bertz CT molecular complexity index is 2210. The average Bonchev–Trinajstić information content (AvgIpc) is 3.64. The number of amides is 6. The van der Waals surface area contributed by atoms with Crippen molar-refractivity contribution < 1.29 is 42.7 Å². The molecule has 7 rings (SSSR count). The topological polar surface area (TPSA) is 255 Å². The molecule has 310 valence electrons. The molecule has 1 aliphatic carbocycles. The van der Waals surface area contributed by atoms with Crippen LogP contribution in [0.5, 0.6) is 0 Å². The van der Waals surface area contributed by atoms with Gasteiger partial charge in [0.15, 0.2) is 11.4 Å². The van der Waals surface area contributed by atoms with Crippen molar-refractivity contribution in [3.8, 4) is 11.5 Å². The number of anilines is 3. The number of piperidine rings is 1. The lowest BCUT2D eigenvalue weighted by molar-refractivity contribution is -0.136. The molecule has 0 spiro atoms. The molecule has 6 N–H and O–H groups in total. The van der Waals surface area contributed by atoms with Crippen molar-refractivity contribution in [1.82, 2.24) is 30.0 Å². The maximum atomic E-state index is 13.2. The van der Waals surface area contributed by atoms with Gasteiger partial charge in [0.1, 0.15) is 18.1 Å². The number of aryl methyl sites for hydroxylation is 1. The zero-order valence-corrected chi connectivity index (χ0v) is 32.4. The van der Waals surface area contributed by atoms with Gasteiger partial charge in [-0.05, 0) is 62.3 Å². The molecular weight excluding hydrogens is 765 g/mol. The Morgan fingerprint density at radius 2 is 1.75 bits per heavy atom. The summed E-state index contributed by atoms with van der Waals surface area (Å²) in [6.45, 7) is 3.41. The Morgan fingerprint density at radius 1 is 0.932 bits per heavy atom. The molecule has 6 amide bonds. The summed E-state index contributed by atoms with van der Waals surface area (Å²) < 4.78 is 18.5. The molecule has 19 nitrogen and oxygen atoms in total. The van der Waals surface area contributed by atoms with Crippen molar-refractivity contribution in [2.75, 3.05) is 55.5 Å². The third-order valence-electron chi connectivity index (χ3n) is 10.1. The fourth-order valence-electron chi connectivity index (χ4n) is 6.81. The molecule has 1 saturated heterocycles. The Balaban J connectivity index is 0.757. The predicted molar refractivity (Wildman–Crippen MR) is 211 cm³/mol. The Labute approximate surface area is 338 Å². The number of imide groups is 2. The van der Waals surface area contributed by atoms with Gasteiger partial charge < -0.3 is 35.6 Å². The summed E-state index contributed by atoms with van der Waals surface area (Å²) in [5, 5.41) is 15.6. The lowest BCUT2D eigenvalue weighted by Crippen LogP contribution is -2.54. The number of ether oxygens (including phenoxy) is 2. The van der Waals surface area contributed by atoms with Crippen LogP contribution >= 0.6 is 0 Å². The molecule has 59 heavy (non-hydrogen) atoms. The number of nitrogens with one attached hydrogen (secondary N) is 4. The first-order valence-electron chi connectivity index (χ1n) is 19.7. The average molecular weight is 811 g/mol. The number of carbonyl (C=O) groups excluding carboxylic acids is 6. The van der Waals surface area contributed by atoms with Crippen molar-refractivity contribution in [3.05, 3.63) is 71.5 Å². The van der Waals surface area contributed by atoms with Crippen LogP contribution in [-0.2, 0) is 25.6 Å². The lowest BCUT2D eigenvalue weighted by atomic mass is 10.0. The molecule has 3 aliphatic rings. The molecule has 2 aliphatic heterocycles. The number of hydrogen-bond donors (Lipinski definition) is 5. The molecule has 0 bridgehead atoms. The highest BCUT2D eigenvalue weighted by Crippen LogP contribution is 2.33. The number of benzene rings is 1. The summed E-state index contributed by atoms with van der Waals surface area (Å²) in [4.78, 5) is 84.9. The van der Waals surface area contributed by atoms with Crippen LogP contribution < -0.4 is 27.0 Å². The van der Waals surface area contributed by atoms with Crippen LogP contribution in [0.4, 0.5) is 17.2 Å². The minimum absolute atomic E-state index is 0.0327. The summed E-state index contributed by atoms with van der Waals surface area (Å²) in [6, 6.07) is 7.43. The Morgan fingerprint density at radius 3 is 2.54 bits per heavy atom. The monoisotopic (exact) mass is 810 g/mol. The number of rotatable bonds is 22. The number of carbonyl (C=O) groups is 6. The van der Waals surface area contributed by atoms with E-state index >= 15 is 0 Å². The molecule has 1 atom stereocenters. The van der Waals surface area contributed by atoms with E-state index in [4.69, 9.17) is 19.6 Å². The number of primary amides is 1. The number of nitrogens with zero attached hydrogens (tertiary/aromatic N) is 5. The van der Waals surface area contributed by atoms with Gasteiger partial charge in [-0.2, -0.15) is 5.10 Å². The highest BCUT2D eigenvalue weighted by molar-refractivity contribution is 6.25. The van der Waals surface area contributed by atoms with Gasteiger partial charge >= 0.3 is 0 Å². The van der Waals surface area contributed by atoms with E-state index in [9.17, 15) is 28.8 Å². The Hall–Kier alpha value is -6.47. The van der Waals surface area contributed by atoms with E-state index in [-0.39, 0.29) is 46.9 Å². The van der Waals surface area contributed by atoms with Crippen molar-refractivity contribution in [3.63, 3.8) is 0 Å². The van der Waals surface area contributed by atoms with Gasteiger partial charge in [0.2, 0.25) is 17.7 Å². The first-order chi connectivity index (χ1) is 28.7. The fraction of sp³-hybridized carbons (Fsp3) is 0.425. The van der Waals surface area contributed by atoms with E-state index in [0.717, 1.165) is 37.1 Å². The third-order valence-corrected chi connectivity index (χ3v) is 10.1. The van der Waals surface area contributed by atoms with Crippen LogP contribution in [0.25, 0.3) is 11.5 Å². The second-order valence-corrected chi connectivity index (χ2v) is 14.5. The summed E-state index contributed by atoms with van der Waals surface area (Å²) in [5.74, 6) is -1.90. The molecule has 4 aromatic rings. The van der Waals surface area contributed by atoms with Gasteiger partial charge in [0.25, 0.3) is 23.6 Å².